The molecule has 0 aliphatic rings. The van der Waals surface area contributed by atoms with Gasteiger partial charge < -0.3 is 20.3 Å². The van der Waals surface area contributed by atoms with Crippen molar-refractivity contribution in [1.29, 1.82) is 0 Å². The summed E-state index contributed by atoms with van der Waals surface area (Å²) < 4.78 is 4.66. The summed E-state index contributed by atoms with van der Waals surface area (Å²) in [6.07, 6.45) is 1.06. The Labute approximate surface area is 98.5 Å². The van der Waals surface area contributed by atoms with E-state index in [4.69, 9.17) is 5.73 Å². The second-order valence-electron chi connectivity index (χ2n) is 4.80. The molecule has 0 fully saturated rings. The van der Waals surface area contributed by atoms with Gasteiger partial charge in [0.1, 0.15) is 5.54 Å². The fourth-order valence-electron chi connectivity index (χ4n) is 1.59. The zero-order valence-electron chi connectivity index (χ0n) is 11.1. The zero-order chi connectivity index (χ0) is 12.8. The van der Waals surface area contributed by atoms with Crippen molar-refractivity contribution in [2.45, 2.75) is 18.9 Å². The van der Waals surface area contributed by atoms with E-state index in [9.17, 15) is 4.79 Å². The molecule has 0 rings (SSSR count). The molecular formula is C11H25N3O2. The van der Waals surface area contributed by atoms with Gasteiger partial charge in [0.15, 0.2) is 0 Å². The summed E-state index contributed by atoms with van der Waals surface area (Å²) in [4.78, 5) is 15.6. The first-order chi connectivity index (χ1) is 7.29. The second-order valence-corrected chi connectivity index (χ2v) is 4.80. The lowest BCUT2D eigenvalue weighted by Crippen LogP contribution is -2.53. The van der Waals surface area contributed by atoms with Gasteiger partial charge in [0.2, 0.25) is 0 Å². The Morgan fingerprint density at radius 3 is 2.31 bits per heavy atom. The van der Waals surface area contributed by atoms with E-state index in [1.165, 1.54) is 7.11 Å². The predicted molar refractivity (Wildman–Crippen MR) is 65.3 cm³/mol. The number of methoxy groups -OCH3 is 1. The van der Waals surface area contributed by atoms with Crippen LogP contribution in [0.4, 0.5) is 0 Å². The topological polar surface area (TPSA) is 58.8 Å². The van der Waals surface area contributed by atoms with Crippen molar-refractivity contribution in [3.8, 4) is 0 Å². The van der Waals surface area contributed by atoms with Crippen molar-refractivity contribution in [2.24, 2.45) is 5.73 Å². The molecule has 0 amide bonds. The number of carbonyl (C=O) groups excluding carboxylic acids is 1. The largest absolute Gasteiger partial charge is 0.468 e. The van der Waals surface area contributed by atoms with Gasteiger partial charge in [0.05, 0.1) is 7.11 Å². The van der Waals surface area contributed by atoms with Crippen LogP contribution >= 0.6 is 0 Å². The van der Waals surface area contributed by atoms with Crippen molar-refractivity contribution in [3.63, 3.8) is 0 Å². The number of carbonyl (C=O) groups is 1. The Balaban J connectivity index is 3.94. The van der Waals surface area contributed by atoms with E-state index >= 15 is 0 Å². The summed E-state index contributed by atoms with van der Waals surface area (Å²) in [5, 5.41) is 0. The fourth-order valence-corrected chi connectivity index (χ4v) is 1.59. The molecule has 0 aliphatic heterocycles. The van der Waals surface area contributed by atoms with E-state index in [1.807, 2.05) is 21.1 Å². The van der Waals surface area contributed by atoms with Crippen molar-refractivity contribution in [1.82, 2.24) is 9.80 Å². The first-order valence-corrected chi connectivity index (χ1v) is 5.50. The summed E-state index contributed by atoms with van der Waals surface area (Å²) in [6, 6.07) is 0. The van der Waals surface area contributed by atoms with Gasteiger partial charge in [-0.2, -0.15) is 0 Å². The molecule has 2 N–H and O–H groups in total. The normalized spacial score (nSPS) is 15.2. The number of nitrogens with zero attached hydrogens (tertiary/aromatic N) is 2. The molecular weight excluding hydrogens is 206 g/mol. The third-order valence-electron chi connectivity index (χ3n) is 2.40. The van der Waals surface area contributed by atoms with Crippen LogP contribution in [-0.4, -0.2) is 69.2 Å². The molecule has 0 bridgehead atoms. The molecule has 0 aliphatic carbocycles. The van der Waals surface area contributed by atoms with Crippen LogP contribution in [0.25, 0.3) is 0 Å². The van der Waals surface area contributed by atoms with Crippen LogP contribution in [-0.2, 0) is 9.53 Å². The smallest absolute Gasteiger partial charge is 0.326 e. The lowest BCUT2D eigenvalue weighted by Gasteiger charge is -2.27. The van der Waals surface area contributed by atoms with E-state index in [-0.39, 0.29) is 5.97 Å². The third-order valence-corrected chi connectivity index (χ3v) is 2.40. The number of rotatable bonds is 7. The highest BCUT2D eigenvalue weighted by atomic mass is 16.5. The van der Waals surface area contributed by atoms with Gasteiger partial charge in [-0.15, -0.1) is 0 Å². The van der Waals surface area contributed by atoms with Crippen LogP contribution in [0.2, 0.25) is 0 Å². The van der Waals surface area contributed by atoms with Gasteiger partial charge in [-0.05, 0) is 47.6 Å². The van der Waals surface area contributed by atoms with Crippen molar-refractivity contribution in [3.05, 3.63) is 0 Å². The first-order valence-electron chi connectivity index (χ1n) is 5.50. The van der Waals surface area contributed by atoms with E-state index in [1.54, 1.807) is 6.92 Å². The molecule has 0 saturated carbocycles. The SMILES string of the molecule is COC(=O)C(C)(N)CN(C)CCCN(C)C. The van der Waals surface area contributed by atoms with Crippen LogP contribution in [0.15, 0.2) is 0 Å². The number of hydrogen-bond acceptors (Lipinski definition) is 5. The molecule has 0 aromatic carbocycles. The maximum atomic E-state index is 11.4. The van der Waals surface area contributed by atoms with Gasteiger partial charge >= 0.3 is 5.97 Å². The molecule has 0 radical (unpaired) electrons. The molecule has 5 nitrogen and oxygen atoms in total. The molecule has 0 aromatic heterocycles. The van der Waals surface area contributed by atoms with Crippen molar-refractivity contribution < 1.29 is 9.53 Å². The van der Waals surface area contributed by atoms with E-state index < -0.39 is 5.54 Å². The maximum Gasteiger partial charge on any atom is 0.326 e. The third kappa shape index (κ3) is 6.05. The highest BCUT2D eigenvalue weighted by Crippen LogP contribution is 2.04. The quantitative estimate of drug-likeness (QED) is 0.613. The van der Waals surface area contributed by atoms with Crippen molar-refractivity contribution in [2.75, 3.05) is 47.9 Å². The molecule has 0 aromatic rings. The number of likely N-dealkylation sites (N-methyl/N-ethyl adjacent to an activating group) is 1. The molecule has 0 saturated heterocycles. The summed E-state index contributed by atoms with van der Waals surface area (Å²) >= 11 is 0. The minimum atomic E-state index is -0.929. The summed E-state index contributed by atoms with van der Waals surface area (Å²) in [5.74, 6) is -0.369. The lowest BCUT2D eigenvalue weighted by atomic mass is 10.0. The highest BCUT2D eigenvalue weighted by molar-refractivity contribution is 5.80. The fraction of sp³-hybridized carbons (Fsp3) is 0.909. The number of esters is 1. The summed E-state index contributed by atoms with van der Waals surface area (Å²) in [7, 11) is 7.41. The molecule has 0 heterocycles. The van der Waals surface area contributed by atoms with Crippen LogP contribution in [0.1, 0.15) is 13.3 Å². The Morgan fingerprint density at radius 1 is 1.31 bits per heavy atom. The molecule has 0 spiro atoms. The summed E-state index contributed by atoms with van der Waals surface area (Å²) in [6.45, 7) is 4.15. The van der Waals surface area contributed by atoms with Gasteiger partial charge in [-0.1, -0.05) is 0 Å². The maximum absolute atomic E-state index is 11.4. The highest BCUT2D eigenvalue weighted by Gasteiger charge is 2.30. The van der Waals surface area contributed by atoms with Crippen LogP contribution in [0.3, 0.4) is 0 Å². The average molecular weight is 231 g/mol. The lowest BCUT2D eigenvalue weighted by molar-refractivity contribution is -0.147. The Morgan fingerprint density at radius 2 is 1.88 bits per heavy atom. The Hall–Kier alpha value is -0.650. The average Bonchev–Trinajstić information content (AvgIpc) is 2.14. The first kappa shape index (κ1) is 15.3. The van der Waals surface area contributed by atoms with E-state index in [0.717, 1.165) is 19.5 Å². The number of hydrogen-bond donors (Lipinski definition) is 1. The molecule has 5 heteroatoms. The van der Waals surface area contributed by atoms with Gasteiger partial charge in [-0.25, -0.2) is 0 Å². The number of ether oxygens (including phenoxy) is 1. The van der Waals surface area contributed by atoms with E-state index in [0.29, 0.717) is 6.54 Å². The minimum Gasteiger partial charge on any atom is -0.468 e. The van der Waals surface area contributed by atoms with E-state index in [2.05, 4.69) is 14.5 Å². The van der Waals surface area contributed by atoms with Crippen molar-refractivity contribution >= 4 is 5.97 Å². The predicted octanol–water partition coefficient (Wildman–Crippen LogP) is -0.240. The van der Waals surface area contributed by atoms with Crippen LogP contribution in [0.5, 0.6) is 0 Å². The zero-order valence-corrected chi connectivity index (χ0v) is 11.1. The summed E-state index contributed by atoms with van der Waals surface area (Å²) in [5.41, 5.74) is 4.95. The Kier molecular flexibility index (Phi) is 6.55. The Bertz CT molecular complexity index is 217. The molecule has 16 heavy (non-hydrogen) atoms. The van der Waals surface area contributed by atoms with Gasteiger partial charge in [0.25, 0.3) is 0 Å². The number of nitrogens with two attached hydrogens (primary N) is 1. The van der Waals surface area contributed by atoms with Crippen LogP contribution in [0, 0.1) is 0 Å². The van der Waals surface area contributed by atoms with Gasteiger partial charge in [0, 0.05) is 6.54 Å². The minimum absolute atomic E-state index is 0.369. The molecule has 96 valence electrons. The molecule has 1 atom stereocenters. The van der Waals surface area contributed by atoms with Gasteiger partial charge in [-0.3, -0.25) is 4.79 Å². The standard InChI is InChI=1S/C11H25N3O2/c1-11(12,10(15)16-5)9-14(4)8-6-7-13(2)3/h6-9,12H2,1-5H3. The van der Waals surface area contributed by atoms with Crippen LogP contribution < -0.4 is 5.73 Å². The monoisotopic (exact) mass is 231 g/mol. The molecule has 1 unspecified atom stereocenters. The second kappa shape index (κ2) is 6.83.